The Morgan fingerprint density at radius 3 is 2.07 bits per heavy atom. The van der Waals surface area contributed by atoms with Gasteiger partial charge < -0.3 is 5.32 Å². The van der Waals surface area contributed by atoms with E-state index in [4.69, 9.17) is 0 Å². The van der Waals surface area contributed by atoms with Gasteiger partial charge in [-0.2, -0.15) is 0 Å². The van der Waals surface area contributed by atoms with Gasteiger partial charge in [0, 0.05) is 12.1 Å². The zero-order chi connectivity index (χ0) is 11.1. The van der Waals surface area contributed by atoms with Gasteiger partial charge in [0.1, 0.15) is 0 Å². The molecule has 2 nitrogen and oxygen atoms in total. The molecule has 0 aliphatic carbocycles. The monoisotopic (exact) mass is 212 g/mol. The maximum atomic E-state index is 3.54. The normalized spacial score (nSPS) is 24.2. The minimum atomic E-state index is 0.620. The smallest absolute Gasteiger partial charge is 0.0218 e. The number of hydrogen-bond acceptors (Lipinski definition) is 2. The van der Waals surface area contributed by atoms with Gasteiger partial charge in [-0.1, -0.05) is 26.2 Å². The second kappa shape index (κ2) is 7.24. The molecular formula is C13H28N2. The third kappa shape index (κ3) is 4.52. The molecule has 0 aromatic rings. The van der Waals surface area contributed by atoms with Crippen LogP contribution < -0.4 is 5.32 Å². The standard InChI is InChI=1S/C13H28N2/c1-4-14-12(2)13(3)15-10-8-6-5-7-9-11-15/h12-14H,4-11H2,1-3H3. The SMILES string of the molecule is CCNC(C)C(C)N1CCCCCCC1. The summed E-state index contributed by atoms with van der Waals surface area (Å²) in [5.41, 5.74) is 0. The van der Waals surface area contributed by atoms with Gasteiger partial charge in [-0.3, -0.25) is 4.90 Å². The van der Waals surface area contributed by atoms with E-state index >= 15 is 0 Å². The molecule has 1 heterocycles. The van der Waals surface area contributed by atoms with Gasteiger partial charge in [-0.05, 0) is 46.3 Å². The van der Waals surface area contributed by atoms with E-state index in [0.29, 0.717) is 12.1 Å². The third-order valence-electron chi connectivity index (χ3n) is 3.72. The summed E-state index contributed by atoms with van der Waals surface area (Å²) in [5.74, 6) is 0. The van der Waals surface area contributed by atoms with Crippen LogP contribution in [0.5, 0.6) is 0 Å². The fourth-order valence-corrected chi connectivity index (χ4v) is 2.49. The number of likely N-dealkylation sites (N-methyl/N-ethyl adjacent to an activating group) is 1. The Labute approximate surface area is 95.4 Å². The lowest BCUT2D eigenvalue weighted by Gasteiger charge is -2.34. The van der Waals surface area contributed by atoms with Gasteiger partial charge in [-0.25, -0.2) is 0 Å². The zero-order valence-corrected chi connectivity index (χ0v) is 10.8. The fraction of sp³-hybridized carbons (Fsp3) is 1.00. The van der Waals surface area contributed by atoms with Crippen molar-refractivity contribution >= 4 is 0 Å². The molecule has 0 aromatic heterocycles. The largest absolute Gasteiger partial charge is 0.313 e. The average molecular weight is 212 g/mol. The molecule has 15 heavy (non-hydrogen) atoms. The Hall–Kier alpha value is -0.0800. The van der Waals surface area contributed by atoms with Gasteiger partial charge in [0.2, 0.25) is 0 Å². The molecule has 1 rings (SSSR count). The summed E-state index contributed by atoms with van der Waals surface area (Å²) < 4.78 is 0. The van der Waals surface area contributed by atoms with Crippen LogP contribution in [0, 0.1) is 0 Å². The van der Waals surface area contributed by atoms with E-state index in [1.165, 1.54) is 45.2 Å². The van der Waals surface area contributed by atoms with Gasteiger partial charge >= 0.3 is 0 Å². The number of rotatable bonds is 4. The fourth-order valence-electron chi connectivity index (χ4n) is 2.49. The molecule has 1 saturated heterocycles. The van der Waals surface area contributed by atoms with Gasteiger partial charge in [0.25, 0.3) is 0 Å². The van der Waals surface area contributed by atoms with Crippen LogP contribution in [0.1, 0.15) is 52.9 Å². The van der Waals surface area contributed by atoms with Crippen molar-refractivity contribution in [3.8, 4) is 0 Å². The molecule has 2 heteroatoms. The van der Waals surface area contributed by atoms with Crippen molar-refractivity contribution in [3.05, 3.63) is 0 Å². The first-order valence-electron chi connectivity index (χ1n) is 6.73. The molecule has 1 aliphatic rings. The van der Waals surface area contributed by atoms with Gasteiger partial charge in [0.05, 0.1) is 0 Å². The summed E-state index contributed by atoms with van der Waals surface area (Å²) in [6, 6.07) is 1.30. The minimum Gasteiger partial charge on any atom is -0.313 e. The molecule has 0 bridgehead atoms. The van der Waals surface area contributed by atoms with Gasteiger partial charge in [-0.15, -0.1) is 0 Å². The Bertz CT molecular complexity index is 151. The van der Waals surface area contributed by atoms with E-state index < -0.39 is 0 Å². The highest BCUT2D eigenvalue weighted by molar-refractivity contribution is 4.78. The quantitative estimate of drug-likeness (QED) is 0.770. The second-order valence-electron chi connectivity index (χ2n) is 4.89. The molecule has 0 saturated carbocycles. The highest BCUT2D eigenvalue weighted by Crippen LogP contribution is 2.14. The Morgan fingerprint density at radius 1 is 1.00 bits per heavy atom. The molecule has 1 aliphatic heterocycles. The first-order chi connectivity index (χ1) is 7.25. The number of nitrogens with zero attached hydrogens (tertiary/aromatic N) is 1. The predicted octanol–water partition coefficient (Wildman–Crippen LogP) is 2.64. The van der Waals surface area contributed by atoms with Crippen molar-refractivity contribution in [1.29, 1.82) is 0 Å². The third-order valence-corrected chi connectivity index (χ3v) is 3.72. The average Bonchev–Trinajstić information content (AvgIpc) is 2.16. The number of hydrogen-bond donors (Lipinski definition) is 1. The lowest BCUT2D eigenvalue weighted by molar-refractivity contribution is 0.161. The molecule has 0 aromatic carbocycles. The molecule has 2 atom stereocenters. The lowest BCUT2D eigenvalue weighted by Crippen LogP contribution is -2.47. The predicted molar refractivity (Wildman–Crippen MR) is 67.3 cm³/mol. The highest BCUT2D eigenvalue weighted by atomic mass is 15.2. The molecule has 0 spiro atoms. The minimum absolute atomic E-state index is 0.620. The molecule has 0 amide bonds. The number of nitrogens with one attached hydrogen (secondary N) is 1. The van der Waals surface area contributed by atoms with E-state index in [9.17, 15) is 0 Å². The molecule has 2 unspecified atom stereocenters. The van der Waals surface area contributed by atoms with Gasteiger partial charge in [0.15, 0.2) is 0 Å². The van der Waals surface area contributed by atoms with E-state index in [1.54, 1.807) is 0 Å². The molecule has 1 fully saturated rings. The Morgan fingerprint density at radius 2 is 1.53 bits per heavy atom. The van der Waals surface area contributed by atoms with E-state index in [-0.39, 0.29) is 0 Å². The van der Waals surface area contributed by atoms with E-state index in [0.717, 1.165) is 6.54 Å². The Balaban J connectivity index is 2.37. The molecular weight excluding hydrogens is 184 g/mol. The van der Waals surface area contributed by atoms with Crippen LogP contribution in [-0.2, 0) is 0 Å². The maximum Gasteiger partial charge on any atom is 0.0218 e. The van der Waals surface area contributed by atoms with E-state index in [1.807, 2.05) is 0 Å². The summed E-state index contributed by atoms with van der Waals surface area (Å²) in [4.78, 5) is 2.67. The lowest BCUT2D eigenvalue weighted by atomic mass is 10.0. The summed E-state index contributed by atoms with van der Waals surface area (Å²) in [5, 5.41) is 3.54. The second-order valence-corrected chi connectivity index (χ2v) is 4.89. The highest BCUT2D eigenvalue weighted by Gasteiger charge is 2.19. The topological polar surface area (TPSA) is 15.3 Å². The molecule has 1 N–H and O–H groups in total. The summed E-state index contributed by atoms with van der Waals surface area (Å²) >= 11 is 0. The van der Waals surface area contributed by atoms with Crippen LogP contribution in [-0.4, -0.2) is 36.6 Å². The van der Waals surface area contributed by atoms with Crippen molar-refractivity contribution in [2.75, 3.05) is 19.6 Å². The first-order valence-corrected chi connectivity index (χ1v) is 6.73. The van der Waals surface area contributed by atoms with Crippen LogP contribution in [0.15, 0.2) is 0 Å². The summed E-state index contributed by atoms with van der Waals surface area (Å²) in [7, 11) is 0. The van der Waals surface area contributed by atoms with Crippen molar-refractivity contribution in [2.24, 2.45) is 0 Å². The molecule has 0 radical (unpaired) electrons. The summed E-state index contributed by atoms with van der Waals surface area (Å²) in [6.45, 7) is 10.6. The van der Waals surface area contributed by atoms with Crippen molar-refractivity contribution in [3.63, 3.8) is 0 Å². The Kier molecular flexibility index (Phi) is 6.26. The molecule has 90 valence electrons. The number of likely N-dealkylation sites (tertiary alicyclic amines) is 1. The van der Waals surface area contributed by atoms with Crippen LogP contribution in [0.4, 0.5) is 0 Å². The van der Waals surface area contributed by atoms with Crippen LogP contribution in [0.25, 0.3) is 0 Å². The van der Waals surface area contributed by atoms with Crippen LogP contribution in [0.2, 0.25) is 0 Å². The zero-order valence-electron chi connectivity index (χ0n) is 10.8. The van der Waals surface area contributed by atoms with Crippen LogP contribution >= 0.6 is 0 Å². The van der Waals surface area contributed by atoms with Crippen molar-refractivity contribution in [1.82, 2.24) is 10.2 Å². The van der Waals surface area contributed by atoms with Crippen LogP contribution in [0.3, 0.4) is 0 Å². The van der Waals surface area contributed by atoms with E-state index in [2.05, 4.69) is 31.0 Å². The maximum absolute atomic E-state index is 3.54. The first kappa shape index (κ1) is 13.0. The van der Waals surface area contributed by atoms with Crippen molar-refractivity contribution in [2.45, 2.75) is 65.0 Å². The van der Waals surface area contributed by atoms with Crippen molar-refractivity contribution < 1.29 is 0 Å². The summed E-state index contributed by atoms with van der Waals surface area (Å²) in [6.07, 6.45) is 7.09.